The first-order valence-electron chi connectivity index (χ1n) is 6.30. The highest BCUT2D eigenvalue weighted by Crippen LogP contribution is 2.15. The molecule has 0 aliphatic carbocycles. The van der Waals surface area contributed by atoms with Crippen molar-refractivity contribution in [2.24, 2.45) is 0 Å². The molecule has 2 heterocycles. The monoisotopic (exact) mass is 297 g/mol. The van der Waals surface area contributed by atoms with Gasteiger partial charge in [-0.25, -0.2) is 4.98 Å². The molecule has 1 fully saturated rings. The number of hydrogen-bond acceptors (Lipinski definition) is 4. The Hall–Kier alpha value is -1.66. The second-order valence-electron chi connectivity index (χ2n) is 4.45. The molecule has 2 rings (SSSR count). The summed E-state index contributed by atoms with van der Waals surface area (Å²) in [5, 5.41) is 0.204. The van der Waals surface area contributed by atoms with Gasteiger partial charge in [-0.15, -0.1) is 0 Å². The lowest BCUT2D eigenvalue weighted by molar-refractivity contribution is -0.136. The molecule has 7 heteroatoms. The molecule has 1 aliphatic rings. The van der Waals surface area contributed by atoms with Crippen LogP contribution in [0.25, 0.3) is 0 Å². The Morgan fingerprint density at radius 2 is 1.95 bits per heavy atom. The Bertz CT molecular complexity index is 501. The van der Waals surface area contributed by atoms with E-state index in [1.165, 1.54) is 7.11 Å². The molecule has 2 amide bonds. The first kappa shape index (κ1) is 14.7. The normalized spacial score (nSPS) is 15.3. The number of aromatic nitrogens is 1. The summed E-state index contributed by atoms with van der Waals surface area (Å²) in [4.78, 5) is 31.2. The first-order valence-corrected chi connectivity index (χ1v) is 6.67. The molecule has 0 unspecified atom stereocenters. The minimum atomic E-state index is -0.151. The fourth-order valence-electron chi connectivity index (χ4n) is 2.09. The third kappa shape index (κ3) is 3.26. The summed E-state index contributed by atoms with van der Waals surface area (Å²) in [5.74, 6) is -0.207. The Labute approximate surface area is 122 Å². The van der Waals surface area contributed by atoms with Crippen LogP contribution in [0.1, 0.15) is 10.4 Å². The van der Waals surface area contributed by atoms with Crippen molar-refractivity contribution in [3.05, 3.63) is 29.0 Å². The van der Waals surface area contributed by atoms with Crippen LogP contribution in [0.15, 0.2) is 18.3 Å². The van der Waals surface area contributed by atoms with E-state index < -0.39 is 0 Å². The van der Waals surface area contributed by atoms with Gasteiger partial charge in [0.1, 0.15) is 11.8 Å². The van der Waals surface area contributed by atoms with Gasteiger partial charge in [0, 0.05) is 39.5 Å². The Kier molecular flexibility index (Phi) is 4.92. The van der Waals surface area contributed by atoms with E-state index in [4.69, 9.17) is 16.3 Å². The number of carbonyl (C=O) groups is 2. The third-order valence-electron chi connectivity index (χ3n) is 3.18. The Balaban J connectivity index is 1.96. The van der Waals surface area contributed by atoms with Gasteiger partial charge in [0.25, 0.3) is 5.91 Å². The van der Waals surface area contributed by atoms with Gasteiger partial charge >= 0.3 is 0 Å². The van der Waals surface area contributed by atoms with Crippen LogP contribution in [-0.4, -0.2) is 66.5 Å². The fourth-order valence-corrected chi connectivity index (χ4v) is 2.29. The lowest BCUT2D eigenvalue weighted by Gasteiger charge is -2.34. The van der Waals surface area contributed by atoms with Crippen LogP contribution in [0, 0.1) is 0 Å². The van der Waals surface area contributed by atoms with Gasteiger partial charge in [-0.3, -0.25) is 9.59 Å². The number of methoxy groups -OCH3 is 1. The molecule has 0 aromatic carbocycles. The van der Waals surface area contributed by atoms with Crippen molar-refractivity contribution < 1.29 is 14.3 Å². The maximum atomic E-state index is 12.3. The van der Waals surface area contributed by atoms with Crippen LogP contribution in [-0.2, 0) is 9.53 Å². The molecule has 0 spiro atoms. The fraction of sp³-hybridized carbons (Fsp3) is 0.462. The van der Waals surface area contributed by atoms with E-state index in [0.717, 1.165) is 0 Å². The number of ether oxygens (including phenoxy) is 1. The molecule has 108 valence electrons. The highest BCUT2D eigenvalue weighted by Gasteiger charge is 2.25. The van der Waals surface area contributed by atoms with Crippen molar-refractivity contribution in [2.75, 3.05) is 39.9 Å². The summed E-state index contributed by atoms with van der Waals surface area (Å²) in [6.07, 6.45) is 1.54. The van der Waals surface area contributed by atoms with Crippen molar-refractivity contribution in [3.8, 4) is 0 Å². The van der Waals surface area contributed by atoms with Crippen molar-refractivity contribution in [1.29, 1.82) is 0 Å². The maximum absolute atomic E-state index is 12.3. The zero-order valence-electron chi connectivity index (χ0n) is 11.2. The predicted octanol–water partition coefficient (Wildman–Crippen LogP) is 0.666. The smallest absolute Gasteiger partial charge is 0.257 e. The summed E-state index contributed by atoms with van der Waals surface area (Å²) in [7, 11) is 1.49. The number of pyridine rings is 1. The lowest BCUT2D eigenvalue weighted by Crippen LogP contribution is -2.51. The van der Waals surface area contributed by atoms with Crippen molar-refractivity contribution in [2.45, 2.75) is 0 Å². The summed E-state index contributed by atoms with van der Waals surface area (Å²) < 4.78 is 4.82. The number of halogens is 1. The molecule has 0 atom stereocenters. The van der Waals surface area contributed by atoms with Gasteiger partial charge in [-0.1, -0.05) is 11.6 Å². The molecule has 20 heavy (non-hydrogen) atoms. The minimum Gasteiger partial charge on any atom is -0.375 e. The van der Waals surface area contributed by atoms with E-state index in [0.29, 0.717) is 31.7 Å². The average Bonchev–Trinajstić information content (AvgIpc) is 2.47. The molecule has 1 aromatic rings. The molecule has 0 radical (unpaired) electrons. The standard InChI is InChI=1S/C13H16ClN3O3/c1-20-9-11(18)16-5-7-17(8-6-16)13(19)10-3-2-4-15-12(10)14/h2-4H,5-9H2,1H3. The average molecular weight is 298 g/mol. The van der Waals surface area contributed by atoms with Crippen LogP contribution in [0.5, 0.6) is 0 Å². The number of nitrogens with zero attached hydrogens (tertiary/aromatic N) is 3. The van der Waals surface area contributed by atoms with Gasteiger partial charge in [-0.05, 0) is 12.1 Å². The molecule has 0 N–H and O–H groups in total. The summed E-state index contributed by atoms with van der Waals surface area (Å²) in [5.41, 5.74) is 0.394. The molecule has 0 saturated carbocycles. The van der Waals surface area contributed by atoms with E-state index >= 15 is 0 Å². The Morgan fingerprint density at radius 1 is 1.30 bits per heavy atom. The number of rotatable bonds is 3. The summed E-state index contributed by atoms with van der Waals surface area (Å²) in [6.45, 7) is 2.05. The van der Waals surface area contributed by atoms with Gasteiger partial charge in [0.15, 0.2) is 0 Å². The number of hydrogen-bond donors (Lipinski definition) is 0. The van der Waals surface area contributed by atoms with E-state index in [1.54, 1.807) is 28.1 Å². The van der Waals surface area contributed by atoms with Gasteiger partial charge in [0.2, 0.25) is 5.91 Å². The zero-order valence-corrected chi connectivity index (χ0v) is 12.0. The van der Waals surface area contributed by atoms with Crippen LogP contribution in [0.2, 0.25) is 5.15 Å². The summed E-state index contributed by atoms with van der Waals surface area (Å²) in [6, 6.07) is 3.33. The SMILES string of the molecule is COCC(=O)N1CCN(C(=O)c2cccnc2Cl)CC1. The quantitative estimate of drug-likeness (QED) is 0.769. The predicted molar refractivity (Wildman–Crippen MR) is 73.6 cm³/mol. The van der Waals surface area contributed by atoms with Crippen LogP contribution in [0.3, 0.4) is 0 Å². The number of carbonyl (C=O) groups excluding carboxylic acids is 2. The largest absolute Gasteiger partial charge is 0.375 e. The maximum Gasteiger partial charge on any atom is 0.257 e. The van der Waals surface area contributed by atoms with Gasteiger partial charge < -0.3 is 14.5 Å². The van der Waals surface area contributed by atoms with Gasteiger partial charge in [-0.2, -0.15) is 0 Å². The molecular weight excluding hydrogens is 282 g/mol. The molecule has 1 saturated heterocycles. The molecule has 1 aromatic heterocycles. The molecule has 0 bridgehead atoms. The van der Waals surface area contributed by atoms with Crippen LogP contribution < -0.4 is 0 Å². The Morgan fingerprint density at radius 3 is 2.55 bits per heavy atom. The van der Waals surface area contributed by atoms with Crippen molar-refractivity contribution in [3.63, 3.8) is 0 Å². The number of amides is 2. The van der Waals surface area contributed by atoms with Crippen molar-refractivity contribution >= 4 is 23.4 Å². The molecule has 1 aliphatic heterocycles. The van der Waals surface area contributed by atoms with Crippen LogP contribution in [0.4, 0.5) is 0 Å². The van der Waals surface area contributed by atoms with E-state index in [-0.39, 0.29) is 23.6 Å². The van der Waals surface area contributed by atoms with Crippen LogP contribution >= 0.6 is 11.6 Å². The third-order valence-corrected chi connectivity index (χ3v) is 3.48. The first-order chi connectivity index (χ1) is 9.63. The second kappa shape index (κ2) is 6.67. The van der Waals surface area contributed by atoms with E-state index in [9.17, 15) is 9.59 Å². The molecule has 6 nitrogen and oxygen atoms in total. The lowest BCUT2D eigenvalue weighted by atomic mass is 10.2. The van der Waals surface area contributed by atoms with Crippen molar-refractivity contribution in [1.82, 2.24) is 14.8 Å². The molecular formula is C13H16ClN3O3. The van der Waals surface area contributed by atoms with E-state index in [2.05, 4.69) is 4.98 Å². The zero-order chi connectivity index (χ0) is 14.5. The highest BCUT2D eigenvalue weighted by molar-refractivity contribution is 6.32. The highest BCUT2D eigenvalue weighted by atomic mass is 35.5. The summed E-state index contributed by atoms with van der Waals surface area (Å²) >= 11 is 5.92. The minimum absolute atomic E-state index is 0.0565. The second-order valence-corrected chi connectivity index (χ2v) is 4.81. The number of piperazine rings is 1. The van der Waals surface area contributed by atoms with Gasteiger partial charge in [0.05, 0.1) is 5.56 Å². The topological polar surface area (TPSA) is 62.7 Å². The van der Waals surface area contributed by atoms with E-state index in [1.807, 2.05) is 0 Å².